The van der Waals surface area contributed by atoms with Crippen LogP contribution in [-0.2, 0) is 0 Å². The molecule has 0 aromatic rings. The summed E-state index contributed by atoms with van der Waals surface area (Å²) in [5.41, 5.74) is 0.382. The molecule has 0 aromatic carbocycles. The second-order valence-electron chi connectivity index (χ2n) is 6.18. The zero-order valence-corrected chi connectivity index (χ0v) is 11.1. The molecule has 1 aliphatic heterocycles. The molecule has 3 nitrogen and oxygen atoms in total. The van der Waals surface area contributed by atoms with Gasteiger partial charge in [0, 0.05) is 13.1 Å². The Balaban J connectivity index is 1.99. The summed E-state index contributed by atoms with van der Waals surface area (Å²) >= 11 is 0. The predicted molar refractivity (Wildman–Crippen MR) is 68.6 cm³/mol. The van der Waals surface area contributed by atoms with E-state index in [1.807, 2.05) is 0 Å². The van der Waals surface area contributed by atoms with Crippen LogP contribution in [0.25, 0.3) is 0 Å². The van der Waals surface area contributed by atoms with E-state index in [2.05, 4.69) is 31.0 Å². The van der Waals surface area contributed by atoms with Crippen molar-refractivity contribution in [1.29, 1.82) is 0 Å². The molecule has 16 heavy (non-hydrogen) atoms. The maximum Gasteiger partial charge on any atom is 0.0791 e. The van der Waals surface area contributed by atoms with Gasteiger partial charge in [-0.1, -0.05) is 20.8 Å². The number of hydrogen-bond donors (Lipinski definition) is 2. The Hall–Kier alpha value is -0.120. The van der Waals surface area contributed by atoms with E-state index in [4.69, 9.17) is 0 Å². The van der Waals surface area contributed by atoms with Crippen LogP contribution in [0.5, 0.6) is 0 Å². The molecule has 0 saturated carbocycles. The summed E-state index contributed by atoms with van der Waals surface area (Å²) in [6.45, 7) is 11.6. The second-order valence-corrected chi connectivity index (χ2v) is 6.18. The van der Waals surface area contributed by atoms with Gasteiger partial charge in [-0.15, -0.1) is 0 Å². The van der Waals surface area contributed by atoms with E-state index in [0.29, 0.717) is 5.41 Å². The van der Waals surface area contributed by atoms with Gasteiger partial charge in [0.05, 0.1) is 6.10 Å². The highest BCUT2D eigenvalue weighted by atomic mass is 16.3. The van der Waals surface area contributed by atoms with Gasteiger partial charge in [0.1, 0.15) is 0 Å². The summed E-state index contributed by atoms with van der Waals surface area (Å²) in [5.74, 6) is 0. The molecule has 1 atom stereocenters. The van der Waals surface area contributed by atoms with Crippen LogP contribution in [0.3, 0.4) is 0 Å². The van der Waals surface area contributed by atoms with Crippen molar-refractivity contribution in [3.63, 3.8) is 0 Å². The Morgan fingerprint density at radius 2 is 1.88 bits per heavy atom. The van der Waals surface area contributed by atoms with Crippen LogP contribution in [0.15, 0.2) is 0 Å². The standard InChI is InChI=1S/C13H28N2O/c1-13(2,3)6-7-14-10-12(16)11-15-8-4-5-9-15/h12,14,16H,4-11H2,1-3H3. The van der Waals surface area contributed by atoms with Crippen LogP contribution in [0.4, 0.5) is 0 Å². The third kappa shape index (κ3) is 6.46. The fraction of sp³-hybridized carbons (Fsp3) is 1.00. The van der Waals surface area contributed by atoms with Crippen molar-refractivity contribution in [2.24, 2.45) is 5.41 Å². The molecule has 1 fully saturated rings. The van der Waals surface area contributed by atoms with Crippen molar-refractivity contribution in [3.8, 4) is 0 Å². The van der Waals surface area contributed by atoms with Crippen LogP contribution in [-0.4, -0.2) is 48.8 Å². The van der Waals surface area contributed by atoms with Crippen LogP contribution >= 0.6 is 0 Å². The molecule has 1 aliphatic rings. The molecule has 1 rings (SSSR count). The molecule has 3 heteroatoms. The number of rotatable bonds is 6. The maximum atomic E-state index is 9.83. The molecule has 1 unspecified atom stereocenters. The first-order valence-electron chi connectivity index (χ1n) is 6.58. The van der Waals surface area contributed by atoms with Crippen LogP contribution in [0, 0.1) is 5.41 Å². The van der Waals surface area contributed by atoms with E-state index in [1.54, 1.807) is 0 Å². The highest BCUT2D eigenvalue weighted by molar-refractivity contribution is 4.72. The lowest BCUT2D eigenvalue weighted by Crippen LogP contribution is -2.37. The average Bonchev–Trinajstić information content (AvgIpc) is 2.63. The SMILES string of the molecule is CC(C)(C)CCNCC(O)CN1CCCC1. The Morgan fingerprint density at radius 1 is 1.25 bits per heavy atom. The number of nitrogens with zero attached hydrogens (tertiary/aromatic N) is 1. The minimum atomic E-state index is -0.210. The Bertz CT molecular complexity index is 183. The number of nitrogens with one attached hydrogen (secondary N) is 1. The van der Waals surface area contributed by atoms with E-state index in [-0.39, 0.29) is 6.10 Å². The minimum absolute atomic E-state index is 0.210. The second kappa shape index (κ2) is 6.58. The van der Waals surface area contributed by atoms with Gasteiger partial charge in [-0.25, -0.2) is 0 Å². The predicted octanol–water partition coefficient (Wildman–Crippen LogP) is 1.47. The molecule has 0 radical (unpaired) electrons. The number of aliphatic hydroxyl groups is 1. The van der Waals surface area contributed by atoms with Gasteiger partial charge in [0.2, 0.25) is 0 Å². The van der Waals surface area contributed by atoms with Crippen molar-refractivity contribution in [2.75, 3.05) is 32.7 Å². The van der Waals surface area contributed by atoms with Crippen molar-refractivity contribution in [2.45, 2.75) is 46.1 Å². The molecule has 0 aromatic heterocycles. The quantitative estimate of drug-likeness (QED) is 0.676. The topological polar surface area (TPSA) is 35.5 Å². The van der Waals surface area contributed by atoms with Crippen LogP contribution in [0.2, 0.25) is 0 Å². The molecule has 1 heterocycles. The van der Waals surface area contributed by atoms with Gasteiger partial charge in [-0.05, 0) is 44.3 Å². The third-order valence-corrected chi connectivity index (χ3v) is 3.10. The third-order valence-electron chi connectivity index (χ3n) is 3.10. The summed E-state index contributed by atoms with van der Waals surface area (Å²) in [6, 6.07) is 0. The van der Waals surface area contributed by atoms with E-state index in [9.17, 15) is 5.11 Å². The molecule has 0 amide bonds. The zero-order valence-electron chi connectivity index (χ0n) is 11.1. The smallest absolute Gasteiger partial charge is 0.0791 e. The molecule has 0 bridgehead atoms. The molecule has 1 saturated heterocycles. The lowest BCUT2D eigenvalue weighted by molar-refractivity contribution is 0.122. The fourth-order valence-corrected chi connectivity index (χ4v) is 2.06. The van der Waals surface area contributed by atoms with E-state index in [0.717, 1.165) is 26.1 Å². The summed E-state index contributed by atoms with van der Waals surface area (Å²) in [5, 5.41) is 13.2. The fourth-order valence-electron chi connectivity index (χ4n) is 2.06. The summed E-state index contributed by atoms with van der Waals surface area (Å²) < 4.78 is 0. The molecular weight excluding hydrogens is 200 g/mol. The summed E-state index contributed by atoms with van der Waals surface area (Å²) in [4.78, 5) is 2.36. The Kier molecular flexibility index (Phi) is 5.73. The van der Waals surface area contributed by atoms with Gasteiger partial charge in [-0.3, -0.25) is 0 Å². The van der Waals surface area contributed by atoms with Crippen LogP contribution in [0.1, 0.15) is 40.0 Å². The first kappa shape index (κ1) is 13.9. The lowest BCUT2D eigenvalue weighted by Gasteiger charge is -2.21. The number of likely N-dealkylation sites (tertiary alicyclic amines) is 1. The minimum Gasteiger partial charge on any atom is -0.390 e. The number of hydrogen-bond acceptors (Lipinski definition) is 3. The molecule has 2 N–H and O–H groups in total. The Labute approximate surface area is 100 Å². The lowest BCUT2D eigenvalue weighted by atomic mass is 9.92. The maximum absolute atomic E-state index is 9.83. The van der Waals surface area contributed by atoms with Crippen molar-refractivity contribution >= 4 is 0 Å². The average molecular weight is 228 g/mol. The molecule has 96 valence electrons. The van der Waals surface area contributed by atoms with Crippen molar-refractivity contribution < 1.29 is 5.11 Å². The largest absolute Gasteiger partial charge is 0.390 e. The van der Waals surface area contributed by atoms with E-state index in [1.165, 1.54) is 25.9 Å². The molecular formula is C13H28N2O. The van der Waals surface area contributed by atoms with Gasteiger partial charge in [0.15, 0.2) is 0 Å². The number of aliphatic hydroxyl groups excluding tert-OH is 1. The molecule has 0 aliphatic carbocycles. The monoisotopic (exact) mass is 228 g/mol. The van der Waals surface area contributed by atoms with Gasteiger partial charge < -0.3 is 15.3 Å². The van der Waals surface area contributed by atoms with Crippen LogP contribution < -0.4 is 5.32 Å². The van der Waals surface area contributed by atoms with Gasteiger partial charge >= 0.3 is 0 Å². The summed E-state index contributed by atoms with van der Waals surface area (Å²) in [7, 11) is 0. The first-order chi connectivity index (χ1) is 7.47. The van der Waals surface area contributed by atoms with Crippen molar-refractivity contribution in [1.82, 2.24) is 10.2 Å². The van der Waals surface area contributed by atoms with E-state index >= 15 is 0 Å². The first-order valence-corrected chi connectivity index (χ1v) is 6.58. The highest BCUT2D eigenvalue weighted by Crippen LogP contribution is 2.16. The van der Waals surface area contributed by atoms with Gasteiger partial charge in [0.25, 0.3) is 0 Å². The molecule has 0 spiro atoms. The highest BCUT2D eigenvalue weighted by Gasteiger charge is 2.15. The normalized spacial score (nSPS) is 20.2. The number of β-amino-alcohol motifs (C(OH)–C–C–N with tert-alkyl or cyclic N) is 1. The van der Waals surface area contributed by atoms with Crippen molar-refractivity contribution in [3.05, 3.63) is 0 Å². The van der Waals surface area contributed by atoms with E-state index < -0.39 is 0 Å². The zero-order chi connectivity index (χ0) is 12.0. The van der Waals surface area contributed by atoms with Gasteiger partial charge in [-0.2, -0.15) is 0 Å². The summed E-state index contributed by atoms with van der Waals surface area (Å²) in [6.07, 6.45) is 3.54. The Morgan fingerprint density at radius 3 is 2.44 bits per heavy atom.